The van der Waals surface area contributed by atoms with Crippen molar-refractivity contribution in [1.82, 2.24) is 15.4 Å². The number of methoxy groups -OCH3 is 1. The van der Waals surface area contributed by atoms with Crippen LogP contribution < -0.4 is 16.0 Å². The van der Waals surface area contributed by atoms with E-state index in [-0.39, 0.29) is 6.04 Å². The molecule has 1 aromatic heterocycles. The molecule has 1 aliphatic rings. The molecule has 0 aliphatic heterocycles. The van der Waals surface area contributed by atoms with E-state index in [2.05, 4.69) is 15.4 Å². The first-order valence-electron chi connectivity index (χ1n) is 6.65. The normalized spacial score (nSPS) is 18.6. The molecule has 1 fully saturated rings. The standard InChI is InChI=1S/C13H22N4O/c1-18-13-8-11(15-9-16-13)12(17-14)7-10-5-3-2-4-6-10/h8-10,12,17H,2-7,14H2,1H3. The van der Waals surface area contributed by atoms with E-state index in [1.807, 2.05) is 6.07 Å². The molecular formula is C13H22N4O. The number of rotatable bonds is 5. The number of nitrogens with two attached hydrogens (primary N) is 1. The van der Waals surface area contributed by atoms with Gasteiger partial charge in [-0.25, -0.2) is 9.97 Å². The van der Waals surface area contributed by atoms with E-state index < -0.39 is 0 Å². The number of nitrogens with one attached hydrogen (secondary N) is 1. The van der Waals surface area contributed by atoms with Gasteiger partial charge >= 0.3 is 0 Å². The number of ether oxygens (including phenoxy) is 1. The maximum atomic E-state index is 5.66. The molecule has 0 radical (unpaired) electrons. The summed E-state index contributed by atoms with van der Waals surface area (Å²) in [5.74, 6) is 7.00. The summed E-state index contributed by atoms with van der Waals surface area (Å²) in [5, 5.41) is 0. The lowest BCUT2D eigenvalue weighted by molar-refractivity contribution is 0.298. The van der Waals surface area contributed by atoms with Crippen molar-refractivity contribution in [3.8, 4) is 5.88 Å². The van der Waals surface area contributed by atoms with Crippen LogP contribution in [0, 0.1) is 5.92 Å². The molecule has 18 heavy (non-hydrogen) atoms. The third kappa shape index (κ3) is 3.40. The van der Waals surface area contributed by atoms with Gasteiger partial charge in [-0.2, -0.15) is 0 Å². The molecule has 2 rings (SSSR count). The third-order valence-electron chi connectivity index (χ3n) is 3.72. The van der Waals surface area contributed by atoms with Crippen LogP contribution in [0.25, 0.3) is 0 Å². The van der Waals surface area contributed by atoms with Gasteiger partial charge in [0.1, 0.15) is 6.33 Å². The van der Waals surface area contributed by atoms with Crippen LogP contribution in [0.1, 0.15) is 50.3 Å². The second-order valence-electron chi connectivity index (χ2n) is 4.94. The fourth-order valence-electron chi connectivity index (χ4n) is 2.69. The Balaban J connectivity index is 2.02. The highest BCUT2D eigenvalue weighted by Crippen LogP contribution is 2.31. The van der Waals surface area contributed by atoms with Gasteiger partial charge in [-0.05, 0) is 12.3 Å². The van der Waals surface area contributed by atoms with Gasteiger partial charge < -0.3 is 4.74 Å². The van der Waals surface area contributed by atoms with Crippen LogP contribution in [0.3, 0.4) is 0 Å². The molecule has 0 saturated heterocycles. The van der Waals surface area contributed by atoms with Crippen LogP contribution in [0.5, 0.6) is 5.88 Å². The van der Waals surface area contributed by atoms with Crippen molar-refractivity contribution in [3.05, 3.63) is 18.1 Å². The summed E-state index contributed by atoms with van der Waals surface area (Å²) < 4.78 is 5.12. The molecular weight excluding hydrogens is 228 g/mol. The van der Waals surface area contributed by atoms with Gasteiger partial charge in [-0.3, -0.25) is 11.3 Å². The van der Waals surface area contributed by atoms with Gasteiger partial charge in [-0.15, -0.1) is 0 Å². The lowest BCUT2D eigenvalue weighted by Gasteiger charge is -2.25. The summed E-state index contributed by atoms with van der Waals surface area (Å²) in [5.41, 5.74) is 3.78. The van der Waals surface area contributed by atoms with E-state index in [9.17, 15) is 0 Å². The lowest BCUT2D eigenvalue weighted by atomic mass is 9.84. The quantitative estimate of drug-likeness (QED) is 0.617. The fourth-order valence-corrected chi connectivity index (χ4v) is 2.69. The summed E-state index contributed by atoms with van der Waals surface area (Å²) in [4.78, 5) is 8.31. The van der Waals surface area contributed by atoms with Gasteiger partial charge in [0.25, 0.3) is 0 Å². The number of hydrogen-bond acceptors (Lipinski definition) is 5. The van der Waals surface area contributed by atoms with Gasteiger partial charge in [-0.1, -0.05) is 32.1 Å². The molecule has 100 valence electrons. The Hall–Kier alpha value is -1.20. The largest absolute Gasteiger partial charge is 0.481 e. The minimum atomic E-state index is 0.0880. The van der Waals surface area contributed by atoms with Crippen LogP contribution in [-0.4, -0.2) is 17.1 Å². The summed E-state index contributed by atoms with van der Waals surface area (Å²) in [6.07, 6.45) is 9.24. The smallest absolute Gasteiger partial charge is 0.216 e. The van der Waals surface area contributed by atoms with Crippen molar-refractivity contribution < 1.29 is 4.74 Å². The average Bonchev–Trinajstić information content (AvgIpc) is 2.46. The molecule has 5 heteroatoms. The first kappa shape index (κ1) is 13.2. The number of hydrogen-bond donors (Lipinski definition) is 2. The van der Waals surface area contributed by atoms with E-state index in [1.165, 1.54) is 38.4 Å². The van der Waals surface area contributed by atoms with Gasteiger partial charge in [0, 0.05) is 6.07 Å². The maximum Gasteiger partial charge on any atom is 0.216 e. The monoisotopic (exact) mass is 250 g/mol. The van der Waals surface area contributed by atoms with E-state index >= 15 is 0 Å². The summed E-state index contributed by atoms with van der Waals surface area (Å²) in [7, 11) is 1.61. The van der Waals surface area contributed by atoms with Crippen molar-refractivity contribution in [3.63, 3.8) is 0 Å². The maximum absolute atomic E-state index is 5.66. The number of nitrogens with zero attached hydrogens (tertiary/aromatic N) is 2. The highest BCUT2D eigenvalue weighted by atomic mass is 16.5. The second-order valence-corrected chi connectivity index (χ2v) is 4.94. The zero-order chi connectivity index (χ0) is 12.8. The van der Waals surface area contributed by atoms with E-state index in [0.717, 1.165) is 18.0 Å². The van der Waals surface area contributed by atoms with Gasteiger partial charge in [0.15, 0.2) is 0 Å². The SMILES string of the molecule is COc1cc(C(CC2CCCCC2)NN)ncn1. The van der Waals surface area contributed by atoms with E-state index in [4.69, 9.17) is 10.6 Å². The molecule has 0 amide bonds. The molecule has 1 saturated carbocycles. The molecule has 1 heterocycles. The zero-order valence-electron chi connectivity index (χ0n) is 10.9. The lowest BCUT2D eigenvalue weighted by Crippen LogP contribution is -2.30. The topological polar surface area (TPSA) is 73.1 Å². The highest BCUT2D eigenvalue weighted by molar-refractivity contribution is 5.16. The Morgan fingerprint density at radius 1 is 1.39 bits per heavy atom. The summed E-state index contributed by atoms with van der Waals surface area (Å²) >= 11 is 0. The van der Waals surface area contributed by atoms with Gasteiger partial charge in [0.2, 0.25) is 5.88 Å². The molecule has 0 aromatic carbocycles. The Labute approximate surface area is 108 Å². The molecule has 0 bridgehead atoms. The Kier molecular flexibility index (Phi) is 4.90. The minimum Gasteiger partial charge on any atom is -0.481 e. The Morgan fingerprint density at radius 2 is 2.17 bits per heavy atom. The first-order chi connectivity index (χ1) is 8.83. The molecule has 0 spiro atoms. The third-order valence-corrected chi connectivity index (χ3v) is 3.72. The number of aromatic nitrogens is 2. The predicted molar refractivity (Wildman–Crippen MR) is 69.8 cm³/mol. The average molecular weight is 250 g/mol. The van der Waals surface area contributed by atoms with Crippen molar-refractivity contribution >= 4 is 0 Å². The highest BCUT2D eigenvalue weighted by Gasteiger charge is 2.20. The first-order valence-corrected chi connectivity index (χ1v) is 6.65. The Bertz CT molecular complexity index is 366. The Morgan fingerprint density at radius 3 is 2.83 bits per heavy atom. The molecule has 3 N–H and O–H groups in total. The number of hydrazine groups is 1. The van der Waals surface area contributed by atoms with Gasteiger partial charge in [0.05, 0.1) is 18.8 Å². The van der Waals surface area contributed by atoms with Crippen LogP contribution in [-0.2, 0) is 0 Å². The molecule has 1 atom stereocenters. The molecule has 1 aliphatic carbocycles. The van der Waals surface area contributed by atoms with Crippen LogP contribution in [0.2, 0.25) is 0 Å². The van der Waals surface area contributed by atoms with Crippen molar-refractivity contribution in [2.75, 3.05) is 7.11 Å². The molecule has 1 aromatic rings. The van der Waals surface area contributed by atoms with E-state index in [0.29, 0.717) is 5.88 Å². The fraction of sp³-hybridized carbons (Fsp3) is 0.692. The molecule has 5 nitrogen and oxygen atoms in total. The van der Waals surface area contributed by atoms with Crippen molar-refractivity contribution in [1.29, 1.82) is 0 Å². The summed E-state index contributed by atoms with van der Waals surface area (Å²) in [6.45, 7) is 0. The second kappa shape index (κ2) is 6.66. The van der Waals surface area contributed by atoms with Crippen LogP contribution in [0.4, 0.5) is 0 Å². The molecule has 1 unspecified atom stereocenters. The van der Waals surface area contributed by atoms with Crippen molar-refractivity contribution in [2.45, 2.75) is 44.6 Å². The van der Waals surface area contributed by atoms with Crippen LogP contribution >= 0.6 is 0 Å². The summed E-state index contributed by atoms with van der Waals surface area (Å²) in [6, 6.07) is 1.94. The zero-order valence-corrected chi connectivity index (χ0v) is 10.9. The minimum absolute atomic E-state index is 0.0880. The van der Waals surface area contributed by atoms with Crippen LogP contribution in [0.15, 0.2) is 12.4 Å². The van der Waals surface area contributed by atoms with E-state index in [1.54, 1.807) is 7.11 Å². The predicted octanol–water partition coefficient (Wildman–Crippen LogP) is 1.96. The van der Waals surface area contributed by atoms with Crippen molar-refractivity contribution in [2.24, 2.45) is 11.8 Å².